The van der Waals surface area contributed by atoms with Crippen LogP contribution in [-0.2, 0) is 6.54 Å². The van der Waals surface area contributed by atoms with Crippen molar-refractivity contribution in [2.45, 2.75) is 38.3 Å². The van der Waals surface area contributed by atoms with E-state index in [1.165, 1.54) is 57.4 Å². The highest BCUT2D eigenvalue weighted by Crippen LogP contribution is 2.39. The van der Waals surface area contributed by atoms with Gasteiger partial charge >= 0.3 is 0 Å². The summed E-state index contributed by atoms with van der Waals surface area (Å²) < 4.78 is 11.5. The van der Waals surface area contributed by atoms with Crippen molar-refractivity contribution < 1.29 is 14.6 Å². The normalized spacial score (nSPS) is 23.8. The molecule has 6 heteroatoms. The van der Waals surface area contributed by atoms with Crippen molar-refractivity contribution >= 4 is 0 Å². The molecule has 162 valence electrons. The minimum absolute atomic E-state index is 0.300. The number of aliphatic hydroxyl groups is 1. The average molecular weight is 404 g/mol. The van der Waals surface area contributed by atoms with E-state index < -0.39 is 6.10 Å². The van der Waals surface area contributed by atoms with Crippen molar-refractivity contribution in [2.75, 3.05) is 66.6 Å². The van der Waals surface area contributed by atoms with Crippen LogP contribution in [0, 0.1) is 5.41 Å². The maximum Gasteiger partial charge on any atom is 0.161 e. The van der Waals surface area contributed by atoms with Crippen LogP contribution in [0.5, 0.6) is 11.5 Å². The fourth-order valence-corrected chi connectivity index (χ4v) is 5.36. The Bertz CT molecular complexity index is 661. The zero-order chi connectivity index (χ0) is 20.3. The van der Waals surface area contributed by atoms with Gasteiger partial charge in [-0.25, -0.2) is 0 Å². The lowest BCUT2D eigenvalue weighted by atomic mass is 9.73. The molecule has 1 aromatic carbocycles. The summed E-state index contributed by atoms with van der Waals surface area (Å²) in [7, 11) is 3.88. The molecule has 1 N–H and O–H groups in total. The summed E-state index contributed by atoms with van der Waals surface area (Å²) in [6, 6.07) is 6.19. The van der Waals surface area contributed by atoms with Gasteiger partial charge < -0.3 is 24.4 Å². The molecule has 1 atom stereocenters. The predicted octanol–water partition coefficient (Wildman–Crippen LogP) is 2.06. The highest BCUT2D eigenvalue weighted by molar-refractivity contribution is 5.43. The van der Waals surface area contributed by atoms with Crippen LogP contribution >= 0.6 is 0 Å². The Kier molecular flexibility index (Phi) is 6.64. The lowest BCUT2D eigenvalue weighted by Gasteiger charge is -2.59. The number of ether oxygens (including phenoxy) is 2. The van der Waals surface area contributed by atoms with E-state index >= 15 is 0 Å². The summed E-state index contributed by atoms with van der Waals surface area (Å²) >= 11 is 0. The summed E-state index contributed by atoms with van der Waals surface area (Å²) in [5.74, 6) is 1.47. The number of aliphatic hydroxyl groups excluding tert-OH is 1. The first-order valence-electron chi connectivity index (χ1n) is 11.2. The molecule has 0 aromatic heterocycles. The molecule has 0 radical (unpaired) electrons. The SMILES string of the molecule is COc1cc(CN2CC3(CN(C)C3)C2)ccc1OCC(O)CN1CCCCCC1. The first-order valence-corrected chi connectivity index (χ1v) is 11.2. The number of likely N-dealkylation sites (tertiary alicyclic amines) is 3. The predicted molar refractivity (Wildman–Crippen MR) is 115 cm³/mol. The quantitative estimate of drug-likeness (QED) is 0.717. The van der Waals surface area contributed by atoms with Crippen LogP contribution in [0.2, 0.25) is 0 Å². The summed E-state index contributed by atoms with van der Waals surface area (Å²) in [4.78, 5) is 7.27. The van der Waals surface area contributed by atoms with Crippen molar-refractivity contribution in [3.05, 3.63) is 23.8 Å². The van der Waals surface area contributed by atoms with Crippen LogP contribution in [0.3, 0.4) is 0 Å². The second kappa shape index (κ2) is 9.21. The molecule has 29 heavy (non-hydrogen) atoms. The zero-order valence-corrected chi connectivity index (χ0v) is 18.1. The zero-order valence-electron chi connectivity index (χ0n) is 18.1. The number of β-amino-alcohol motifs (C(OH)–C–C–N with tert-alkyl or cyclic N) is 1. The average Bonchev–Trinajstić information content (AvgIpc) is 2.92. The number of benzene rings is 1. The van der Waals surface area contributed by atoms with E-state index in [9.17, 15) is 5.11 Å². The largest absolute Gasteiger partial charge is 0.493 e. The Morgan fingerprint density at radius 2 is 1.72 bits per heavy atom. The van der Waals surface area contributed by atoms with Crippen molar-refractivity contribution in [3.63, 3.8) is 0 Å². The van der Waals surface area contributed by atoms with Gasteiger partial charge in [0.1, 0.15) is 12.7 Å². The second-order valence-corrected chi connectivity index (χ2v) is 9.48. The molecule has 0 saturated carbocycles. The molecule has 3 aliphatic rings. The highest BCUT2D eigenvalue weighted by Gasteiger charge is 2.49. The third-order valence-electron chi connectivity index (χ3n) is 6.56. The van der Waals surface area contributed by atoms with Crippen LogP contribution in [0.15, 0.2) is 18.2 Å². The minimum atomic E-state index is -0.477. The second-order valence-electron chi connectivity index (χ2n) is 9.48. The standard InChI is InChI=1S/C23H37N3O3/c1-24-15-23(16-24)17-26(18-23)12-19-7-8-21(22(11-19)28-2)29-14-20(27)13-25-9-5-3-4-6-10-25/h7-8,11,20,27H,3-6,9-10,12-18H2,1-2H3. The number of nitrogens with zero attached hydrogens (tertiary/aromatic N) is 3. The van der Waals surface area contributed by atoms with Gasteiger partial charge in [0, 0.05) is 44.7 Å². The highest BCUT2D eigenvalue weighted by atomic mass is 16.5. The van der Waals surface area contributed by atoms with Crippen LogP contribution in [0.4, 0.5) is 0 Å². The van der Waals surface area contributed by atoms with Gasteiger partial charge in [-0.2, -0.15) is 0 Å². The molecule has 1 spiro atoms. The summed E-state index contributed by atoms with van der Waals surface area (Å²) in [6.45, 7) is 8.98. The Morgan fingerprint density at radius 3 is 2.38 bits per heavy atom. The lowest BCUT2D eigenvalue weighted by Crippen LogP contribution is -2.70. The van der Waals surface area contributed by atoms with E-state index in [2.05, 4.69) is 33.9 Å². The van der Waals surface area contributed by atoms with Crippen LogP contribution < -0.4 is 9.47 Å². The molecule has 0 bridgehead atoms. The molecule has 3 saturated heterocycles. The molecule has 1 aromatic rings. The molecule has 0 amide bonds. The van der Waals surface area contributed by atoms with Crippen LogP contribution in [-0.4, -0.2) is 92.5 Å². The van der Waals surface area contributed by atoms with E-state index in [1.54, 1.807) is 7.11 Å². The molecule has 0 aliphatic carbocycles. The summed E-state index contributed by atoms with van der Waals surface area (Å²) in [6.07, 6.45) is 4.61. The molecule has 4 rings (SSSR count). The topological polar surface area (TPSA) is 48.4 Å². The van der Waals surface area contributed by atoms with Gasteiger partial charge in [0.25, 0.3) is 0 Å². The number of methoxy groups -OCH3 is 1. The molecule has 3 fully saturated rings. The molecule has 6 nitrogen and oxygen atoms in total. The molecule has 3 aliphatic heterocycles. The van der Waals surface area contributed by atoms with E-state index in [4.69, 9.17) is 9.47 Å². The third kappa shape index (κ3) is 5.23. The van der Waals surface area contributed by atoms with E-state index in [1.807, 2.05) is 6.07 Å². The van der Waals surface area contributed by atoms with E-state index in [0.29, 0.717) is 24.3 Å². The first-order chi connectivity index (χ1) is 14.0. The van der Waals surface area contributed by atoms with Gasteiger partial charge in [-0.1, -0.05) is 18.9 Å². The third-order valence-corrected chi connectivity index (χ3v) is 6.56. The van der Waals surface area contributed by atoms with Crippen molar-refractivity contribution in [3.8, 4) is 11.5 Å². The number of rotatable bonds is 8. The van der Waals surface area contributed by atoms with Crippen LogP contribution in [0.25, 0.3) is 0 Å². The van der Waals surface area contributed by atoms with E-state index in [-0.39, 0.29) is 0 Å². The van der Waals surface area contributed by atoms with Crippen molar-refractivity contribution in [2.24, 2.45) is 5.41 Å². The lowest BCUT2D eigenvalue weighted by molar-refractivity contribution is -0.107. The van der Waals surface area contributed by atoms with E-state index in [0.717, 1.165) is 25.4 Å². The molecular weight excluding hydrogens is 366 g/mol. The van der Waals surface area contributed by atoms with Gasteiger partial charge in [-0.05, 0) is 50.7 Å². The van der Waals surface area contributed by atoms with Gasteiger partial charge in [-0.3, -0.25) is 4.90 Å². The Hall–Kier alpha value is -1.34. The smallest absolute Gasteiger partial charge is 0.161 e. The Labute approximate surface area is 175 Å². The van der Waals surface area contributed by atoms with Crippen LogP contribution in [0.1, 0.15) is 31.2 Å². The van der Waals surface area contributed by atoms with Gasteiger partial charge in [-0.15, -0.1) is 0 Å². The van der Waals surface area contributed by atoms with Crippen molar-refractivity contribution in [1.82, 2.24) is 14.7 Å². The van der Waals surface area contributed by atoms with Gasteiger partial charge in [0.2, 0.25) is 0 Å². The summed E-state index contributed by atoms with van der Waals surface area (Å²) in [5, 5.41) is 10.4. The summed E-state index contributed by atoms with van der Waals surface area (Å²) in [5.41, 5.74) is 1.81. The fourth-order valence-electron chi connectivity index (χ4n) is 5.36. The number of hydrogen-bond acceptors (Lipinski definition) is 6. The maximum absolute atomic E-state index is 10.4. The first kappa shape index (κ1) is 20.9. The Balaban J connectivity index is 1.24. The van der Waals surface area contributed by atoms with Gasteiger partial charge in [0.15, 0.2) is 11.5 Å². The van der Waals surface area contributed by atoms with Gasteiger partial charge in [0.05, 0.1) is 7.11 Å². The monoisotopic (exact) mass is 403 g/mol. The molecule has 1 unspecified atom stereocenters. The molecule has 3 heterocycles. The number of hydrogen-bond donors (Lipinski definition) is 1. The molecular formula is C23H37N3O3. The Morgan fingerprint density at radius 1 is 1.00 bits per heavy atom. The minimum Gasteiger partial charge on any atom is -0.493 e. The van der Waals surface area contributed by atoms with Crippen molar-refractivity contribution in [1.29, 1.82) is 0 Å². The fraction of sp³-hybridized carbons (Fsp3) is 0.739. The maximum atomic E-state index is 10.4.